The Balaban J connectivity index is 4.02. The highest BCUT2D eigenvalue weighted by atomic mass is 16.5. The molecule has 0 aliphatic rings. The minimum atomic E-state index is -0.257. The summed E-state index contributed by atoms with van der Waals surface area (Å²) in [5.74, 6) is 0.227. The zero-order valence-electron chi connectivity index (χ0n) is 7.96. The van der Waals surface area contributed by atoms with Crippen LogP contribution >= 0.6 is 0 Å². The van der Waals surface area contributed by atoms with Gasteiger partial charge < -0.3 is 10.1 Å². The van der Waals surface area contributed by atoms with Gasteiger partial charge in [0.25, 0.3) is 0 Å². The molecule has 0 spiro atoms. The average molecular weight is 171 g/mol. The second-order valence-corrected chi connectivity index (χ2v) is 3.08. The molecule has 0 aromatic heterocycles. The highest BCUT2D eigenvalue weighted by molar-refractivity contribution is 5.75. The second kappa shape index (κ2) is 5.63. The van der Waals surface area contributed by atoms with Gasteiger partial charge in [-0.05, 0) is 18.5 Å². The van der Waals surface area contributed by atoms with Gasteiger partial charge in [0.1, 0.15) is 6.04 Å². The summed E-state index contributed by atoms with van der Waals surface area (Å²) in [6.07, 6.45) is 2.28. The van der Waals surface area contributed by atoms with Crippen molar-refractivity contribution in [3.63, 3.8) is 0 Å². The monoisotopic (exact) mass is 171 g/mol. The number of carbonyl (C=O) groups is 1. The summed E-state index contributed by atoms with van der Waals surface area (Å²) in [7, 11) is 1.39. The van der Waals surface area contributed by atoms with E-state index >= 15 is 0 Å². The third-order valence-electron chi connectivity index (χ3n) is 1.51. The molecule has 3 heteroatoms. The molecule has 0 radical (unpaired) electrons. The molecule has 3 nitrogen and oxygen atoms in total. The first-order valence-corrected chi connectivity index (χ1v) is 4.06. The van der Waals surface area contributed by atoms with E-state index in [4.69, 9.17) is 0 Å². The SMILES string of the molecule is C=CN[C@@H](CC(C)C)C(=O)OC. The molecule has 0 fully saturated rings. The molecule has 70 valence electrons. The molecule has 0 rings (SSSR count). The van der Waals surface area contributed by atoms with Crippen molar-refractivity contribution in [2.24, 2.45) is 5.92 Å². The van der Waals surface area contributed by atoms with E-state index in [1.165, 1.54) is 13.3 Å². The van der Waals surface area contributed by atoms with E-state index in [9.17, 15) is 4.79 Å². The van der Waals surface area contributed by atoms with Gasteiger partial charge in [-0.3, -0.25) is 0 Å². The van der Waals surface area contributed by atoms with Crippen LogP contribution in [0, 0.1) is 5.92 Å². The lowest BCUT2D eigenvalue weighted by Crippen LogP contribution is -2.35. The Morgan fingerprint density at radius 2 is 2.25 bits per heavy atom. The third-order valence-corrected chi connectivity index (χ3v) is 1.51. The number of hydrogen-bond donors (Lipinski definition) is 1. The lowest BCUT2D eigenvalue weighted by Gasteiger charge is -2.16. The van der Waals surface area contributed by atoms with Gasteiger partial charge in [-0.15, -0.1) is 0 Å². The Morgan fingerprint density at radius 1 is 1.67 bits per heavy atom. The highest BCUT2D eigenvalue weighted by Crippen LogP contribution is 2.05. The van der Waals surface area contributed by atoms with E-state index in [1.807, 2.05) is 0 Å². The summed E-state index contributed by atoms with van der Waals surface area (Å²) in [4.78, 5) is 11.1. The summed E-state index contributed by atoms with van der Waals surface area (Å²) in [5, 5.41) is 2.85. The van der Waals surface area contributed by atoms with Crippen LogP contribution in [0.1, 0.15) is 20.3 Å². The van der Waals surface area contributed by atoms with E-state index in [1.54, 1.807) is 0 Å². The van der Waals surface area contributed by atoms with Gasteiger partial charge in [-0.25, -0.2) is 4.79 Å². The zero-order valence-corrected chi connectivity index (χ0v) is 7.96. The molecule has 0 saturated heterocycles. The average Bonchev–Trinajstić information content (AvgIpc) is 2.01. The van der Waals surface area contributed by atoms with Crippen LogP contribution in [-0.4, -0.2) is 19.1 Å². The van der Waals surface area contributed by atoms with Crippen LogP contribution in [0.3, 0.4) is 0 Å². The maximum Gasteiger partial charge on any atom is 0.328 e. The molecule has 0 bridgehead atoms. The summed E-state index contributed by atoms with van der Waals surface area (Å²) in [6, 6.07) is -0.257. The molecule has 0 unspecified atom stereocenters. The van der Waals surface area contributed by atoms with Crippen LogP contribution in [0.25, 0.3) is 0 Å². The molecule has 0 amide bonds. The van der Waals surface area contributed by atoms with Crippen molar-refractivity contribution in [2.75, 3.05) is 7.11 Å². The first-order valence-electron chi connectivity index (χ1n) is 4.06. The van der Waals surface area contributed by atoms with E-state index in [-0.39, 0.29) is 12.0 Å². The Labute approximate surface area is 73.8 Å². The van der Waals surface area contributed by atoms with Crippen LogP contribution < -0.4 is 5.32 Å². The maximum atomic E-state index is 11.1. The van der Waals surface area contributed by atoms with Crippen molar-refractivity contribution in [3.8, 4) is 0 Å². The number of carbonyl (C=O) groups excluding carboxylic acids is 1. The van der Waals surface area contributed by atoms with Crippen LogP contribution in [-0.2, 0) is 9.53 Å². The number of hydrogen-bond acceptors (Lipinski definition) is 3. The number of ether oxygens (including phenoxy) is 1. The summed E-state index contributed by atoms with van der Waals surface area (Å²) in [5.41, 5.74) is 0. The minimum Gasteiger partial charge on any atom is -0.467 e. The van der Waals surface area contributed by atoms with E-state index in [2.05, 4.69) is 30.5 Å². The quantitative estimate of drug-likeness (QED) is 0.634. The fourth-order valence-electron chi connectivity index (χ4n) is 0.988. The fraction of sp³-hybridized carbons (Fsp3) is 0.667. The molecule has 1 N–H and O–H groups in total. The molecule has 0 aromatic carbocycles. The standard InChI is InChI=1S/C9H17NO2/c1-5-10-8(6-7(2)3)9(11)12-4/h5,7-8,10H,1,6H2,2-4H3/t8-/m0/s1. The zero-order chi connectivity index (χ0) is 9.56. The first kappa shape index (κ1) is 11.0. The predicted molar refractivity (Wildman–Crippen MR) is 48.6 cm³/mol. The molecule has 1 atom stereocenters. The molecular weight excluding hydrogens is 154 g/mol. The molecule has 0 aliphatic heterocycles. The first-order chi connectivity index (χ1) is 5.61. The van der Waals surface area contributed by atoms with Crippen LogP contribution in [0.4, 0.5) is 0 Å². The van der Waals surface area contributed by atoms with Gasteiger partial charge in [-0.1, -0.05) is 20.4 Å². The number of rotatable bonds is 5. The van der Waals surface area contributed by atoms with Crippen molar-refractivity contribution in [1.82, 2.24) is 5.32 Å². The second-order valence-electron chi connectivity index (χ2n) is 3.08. The number of nitrogens with one attached hydrogen (secondary N) is 1. The van der Waals surface area contributed by atoms with Crippen molar-refractivity contribution in [3.05, 3.63) is 12.8 Å². The molecule has 0 aromatic rings. The normalized spacial score (nSPS) is 12.3. The van der Waals surface area contributed by atoms with Crippen molar-refractivity contribution >= 4 is 5.97 Å². The van der Waals surface area contributed by atoms with Crippen molar-refractivity contribution < 1.29 is 9.53 Å². The van der Waals surface area contributed by atoms with Gasteiger partial charge in [0.2, 0.25) is 0 Å². The van der Waals surface area contributed by atoms with Gasteiger partial charge in [0, 0.05) is 0 Å². The molecule has 0 saturated carbocycles. The largest absolute Gasteiger partial charge is 0.467 e. The molecule has 0 aliphatic carbocycles. The lowest BCUT2D eigenvalue weighted by molar-refractivity contribution is -0.143. The van der Waals surface area contributed by atoms with Crippen molar-refractivity contribution in [1.29, 1.82) is 0 Å². The van der Waals surface area contributed by atoms with Gasteiger partial charge >= 0.3 is 5.97 Å². The summed E-state index contributed by atoms with van der Waals surface area (Å²) in [6.45, 7) is 7.62. The number of esters is 1. The fourth-order valence-corrected chi connectivity index (χ4v) is 0.988. The van der Waals surface area contributed by atoms with Crippen LogP contribution in [0.2, 0.25) is 0 Å². The van der Waals surface area contributed by atoms with Crippen LogP contribution in [0.5, 0.6) is 0 Å². The van der Waals surface area contributed by atoms with E-state index < -0.39 is 0 Å². The Bertz CT molecular complexity index is 155. The third kappa shape index (κ3) is 4.01. The van der Waals surface area contributed by atoms with Gasteiger partial charge in [0.05, 0.1) is 7.11 Å². The van der Waals surface area contributed by atoms with E-state index in [0.29, 0.717) is 5.92 Å². The van der Waals surface area contributed by atoms with Gasteiger partial charge in [0.15, 0.2) is 0 Å². The van der Waals surface area contributed by atoms with Crippen LogP contribution in [0.15, 0.2) is 12.8 Å². The molecule has 0 heterocycles. The molecule has 12 heavy (non-hydrogen) atoms. The van der Waals surface area contributed by atoms with Gasteiger partial charge in [-0.2, -0.15) is 0 Å². The summed E-state index contributed by atoms with van der Waals surface area (Å²) >= 11 is 0. The Hall–Kier alpha value is -0.990. The smallest absolute Gasteiger partial charge is 0.328 e. The van der Waals surface area contributed by atoms with Crippen molar-refractivity contribution in [2.45, 2.75) is 26.3 Å². The Kier molecular flexibility index (Phi) is 5.17. The lowest BCUT2D eigenvalue weighted by atomic mass is 10.0. The number of methoxy groups -OCH3 is 1. The highest BCUT2D eigenvalue weighted by Gasteiger charge is 2.17. The van der Waals surface area contributed by atoms with E-state index in [0.717, 1.165) is 6.42 Å². The predicted octanol–water partition coefficient (Wildman–Crippen LogP) is 1.31. The summed E-state index contributed by atoms with van der Waals surface area (Å²) < 4.78 is 4.62. The minimum absolute atomic E-state index is 0.233. The molecular formula is C9H17NO2. The topological polar surface area (TPSA) is 38.3 Å². The maximum absolute atomic E-state index is 11.1. The Morgan fingerprint density at radius 3 is 2.58 bits per heavy atom.